The van der Waals surface area contributed by atoms with E-state index in [9.17, 15) is 9.59 Å². The van der Waals surface area contributed by atoms with Crippen LogP contribution >= 0.6 is 0 Å². The van der Waals surface area contributed by atoms with Gasteiger partial charge in [-0.1, -0.05) is 51.3 Å². The summed E-state index contributed by atoms with van der Waals surface area (Å²) in [6.45, 7) is 10.0. The lowest BCUT2D eigenvalue weighted by Gasteiger charge is -2.41. The lowest BCUT2D eigenvalue weighted by Crippen LogP contribution is -2.58. The Morgan fingerprint density at radius 2 is 1.76 bits per heavy atom. The molecular formula is C24H37N3O2. The fraction of sp³-hybridized carbons (Fsp3) is 0.667. The normalized spacial score (nSPS) is 20.4. The summed E-state index contributed by atoms with van der Waals surface area (Å²) in [6.07, 6.45) is 5.82. The van der Waals surface area contributed by atoms with E-state index in [1.165, 1.54) is 12.8 Å². The molecule has 1 heterocycles. The molecule has 1 saturated heterocycles. The lowest BCUT2D eigenvalue weighted by molar-refractivity contribution is -0.129. The summed E-state index contributed by atoms with van der Waals surface area (Å²) >= 11 is 0. The predicted molar refractivity (Wildman–Crippen MR) is 117 cm³/mol. The molecule has 2 aliphatic rings. The van der Waals surface area contributed by atoms with Crippen molar-refractivity contribution in [2.75, 3.05) is 32.7 Å². The largest absolute Gasteiger partial charge is 0.354 e. The second kappa shape index (κ2) is 10.2. The van der Waals surface area contributed by atoms with Gasteiger partial charge >= 0.3 is 0 Å². The van der Waals surface area contributed by atoms with Gasteiger partial charge in [0, 0.05) is 38.3 Å². The van der Waals surface area contributed by atoms with E-state index in [0.717, 1.165) is 50.0 Å². The Kier molecular flexibility index (Phi) is 7.70. The average Bonchev–Trinajstić information content (AvgIpc) is 3.27. The van der Waals surface area contributed by atoms with Crippen LogP contribution in [0, 0.1) is 18.8 Å². The van der Waals surface area contributed by atoms with Gasteiger partial charge in [0.1, 0.15) is 0 Å². The molecule has 1 N–H and O–H groups in total. The number of nitrogens with zero attached hydrogens (tertiary/aromatic N) is 2. The van der Waals surface area contributed by atoms with E-state index in [0.29, 0.717) is 24.9 Å². The highest BCUT2D eigenvalue weighted by atomic mass is 16.2. The molecule has 1 aromatic carbocycles. The lowest BCUT2D eigenvalue weighted by atomic mass is 9.94. The van der Waals surface area contributed by atoms with Crippen LogP contribution in [0.5, 0.6) is 0 Å². The van der Waals surface area contributed by atoms with Crippen molar-refractivity contribution in [3.05, 3.63) is 35.4 Å². The number of piperazine rings is 1. The molecule has 5 nitrogen and oxygen atoms in total. The van der Waals surface area contributed by atoms with Gasteiger partial charge in [0.25, 0.3) is 5.91 Å². The van der Waals surface area contributed by atoms with Crippen LogP contribution in [0.1, 0.15) is 61.9 Å². The molecule has 2 amide bonds. The Hall–Kier alpha value is -1.88. The summed E-state index contributed by atoms with van der Waals surface area (Å²) in [5.74, 6) is 1.26. The van der Waals surface area contributed by atoms with E-state index < -0.39 is 0 Å². The van der Waals surface area contributed by atoms with Gasteiger partial charge in [-0.2, -0.15) is 0 Å². The Bertz CT molecular complexity index is 691. The van der Waals surface area contributed by atoms with E-state index in [2.05, 4.69) is 24.1 Å². The SMILES string of the molecule is CC[C@@H](C)CNC(=O)[C@@H](C1CCCC1)N1CCN(C(=O)c2ccccc2C)CC1. The third kappa shape index (κ3) is 5.39. The van der Waals surface area contributed by atoms with Gasteiger partial charge in [-0.15, -0.1) is 0 Å². The number of aryl methyl sites for hydroxylation is 1. The molecule has 0 radical (unpaired) electrons. The van der Waals surface area contributed by atoms with Crippen molar-refractivity contribution >= 4 is 11.8 Å². The highest BCUT2D eigenvalue weighted by Gasteiger charge is 2.37. The second-order valence-corrected chi connectivity index (χ2v) is 8.89. The van der Waals surface area contributed by atoms with E-state index in [-0.39, 0.29) is 17.9 Å². The van der Waals surface area contributed by atoms with Gasteiger partial charge in [0.05, 0.1) is 6.04 Å². The van der Waals surface area contributed by atoms with Crippen LogP contribution in [0.15, 0.2) is 24.3 Å². The Labute approximate surface area is 175 Å². The molecule has 1 aromatic rings. The van der Waals surface area contributed by atoms with Crippen molar-refractivity contribution in [2.45, 2.75) is 58.9 Å². The van der Waals surface area contributed by atoms with Crippen LogP contribution in [0.4, 0.5) is 0 Å². The van der Waals surface area contributed by atoms with Crippen molar-refractivity contribution in [3.8, 4) is 0 Å². The third-order valence-corrected chi connectivity index (χ3v) is 6.81. The topological polar surface area (TPSA) is 52.7 Å². The van der Waals surface area contributed by atoms with E-state index in [1.807, 2.05) is 36.1 Å². The van der Waals surface area contributed by atoms with E-state index >= 15 is 0 Å². The van der Waals surface area contributed by atoms with Crippen molar-refractivity contribution in [2.24, 2.45) is 11.8 Å². The summed E-state index contributed by atoms with van der Waals surface area (Å²) in [4.78, 5) is 30.3. The molecule has 1 saturated carbocycles. The number of nitrogens with one attached hydrogen (secondary N) is 1. The molecule has 0 aromatic heterocycles. The molecule has 29 heavy (non-hydrogen) atoms. The van der Waals surface area contributed by atoms with Gasteiger partial charge in [0.2, 0.25) is 5.91 Å². The average molecular weight is 400 g/mol. The first-order valence-corrected chi connectivity index (χ1v) is 11.4. The molecule has 0 bridgehead atoms. The van der Waals surface area contributed by atoms with Gasteiger partial charge in [-0.05, 0) is 43.2 Å². The van der Waals surface area contributed by atoms with Crippen LogP contribution in [0.3, 0.4) is 0 Å². The molecule has 1 aliphatic heterocycles. The number of carbonyl (C=O) groups is 2. The molecule has 3 rings (SSSR count). The molecule has 160 valence electrons. The highest BCUT2D eigenvalue weighted by molar-refractivity contribution is 5.95. The first-order valence-electron chi connectivity index (χ1n) is 11.4. The number of amides is 2. The van der Waals surface area contributed by atoms with Crippen LogP contribution in [-0.4, -0.2) is 60.4 Å². The fourth-order valence-electron chi connectivity index (χ4n) is 4.66. The fourth-order valence-corrected chi connectivity index (χ4v) is 4.66. The van der Waals surface area contributed by atoms with Gasteiger partial charge in [-0.3, -0.25) is 14.5 Å². The van der Waals surface area contributed by atoms with Crippen LogP contribution in [0.2, 0.25) is 0 Å². The standard InChI is InChI=1S/C24H37N3O2/c1-4-18(2)17-25-23(28)22(20-10-6-7-11-20)26-13-15-27(16-14-26)24(29)21-12-8-5-9-19(21)3/h5,8-9,12,18,20,22H,4,6-7,10-11,13-17H2,1-3H3,(H,25,28)/t18-,22-/m1/s1. The number of benzene rings is 1. The van der Waals surface area contributed by atoms with Crippen molar-refractivity contribution in [1.82, 2.24) is 15.1 Å². The van der Waals surface area contributed by atoms with Crippen molar-refractivity contribution in [3.63, 3.8) is 0 Å². The predicted octanol–water partition coefficient (Wildman–Crippen LogP) is 3.47. The number of carbonyl (C=O) groups excluding carboxylic acids is 2. The molecule has 1 aliphatic carbocycles. The first kappa shape index (κ1) is 21.8. The summed E-state index contributed by atoms with van der Waals surface area (Å²) in [6, 6.07) is 7.74. The Balaban J connectivity index is 1.62. The molecule has 0 unspecified atom stereocenters. The molecular weight excluding hydrogens is 362 g/mol. The van der Waals surface area contributed by atoms with Crippen molar-refractivity contribution < 1.29 is 9.59 Å². The minimum absolute atomic E-state index is 0.0442. The van der Waals surface area contributed by atoms with Crippen LogP contribution in [-0.2, 0) is 4.79 Å². The summed E-state index contributed by atoms with van der Waals surface area (Å²) in [5, 5.41) is 3.21. The van der Waals surface area contributed by atoms with E-state index in [1.54, 1.807) is 0 Å². The molecule has 2 fully saturated rings. The Morgan fingerprint density at radius 1 is 1.10 bits per heavy atom. The third-order valence-electron chi connectivity index (χ3n) is 6.81. The first-order chi connectivity index (χ1) is 14.0. The zero-order valence-electron chi connectivity index (χ0n) is 18.3. The van der Waals surface area contributed by atoms with E-state index in [4.69, 9.17) is 0 Å². The second-order valence-electron chi connectivity index (χ2n) is 8.89. The Morgan fingerprint density at radius 3 is 2.38 bits per heavy atom. The minimum atomic E-state index is -0.0442. The molecule has 5 heteroatoms. The monoisotopic (exact) mass is 399 g/mol. The highest BCUT2D eigenvalue weighted by Crippen LogP contribution is 2.31. The summed E-state index contributed by atoms with van der Waals surface area (Å²) in [7, 11) is 0. The smallest absolute Gasteiger partial charge is 0.254 e. The quantitative estimate of drug-likeness (QED) is 0.764. The maximum Gasteiger partial charge on any atom is 0.254 e. The van der Waals surface area contributed by atoms with Crippen LogP contribution in [0.25, 0.3) is 0 Å². The maximum absolute atomic E-state index is 13.1. The van der Waals surface area contributed by atoms with Gasteiger partial charge < -0.3 is 10.2 Å². The van der Waals surface area contributed by atoms with Gasteiger partial charge in [-0.25, -0.2) is 0 Å². The molecule has 0 spiro atoms. The number of hydrogen-bond acceptors (Lipinski definition) is 3. The summed E-state index contributed by atoms with van der Waals surface area (Å²) in [5.41, 5.74) is 1.81. The maximum atomic E-state index is 13.1. The van der Waals surface area contributed by atoms with Gasteiger partial charge in [0.15, 0.2) is 0 Å². The minimum Gasteiger partial charge on any atom is -0.354 e. The summed E-state index contributed by atoms with van der Waals surface area (Å²) < 4.78 is 0. The zero-order chi connectivity index (χ0) is 20.8. The number of rotatable bonds is 7. The van der Waals surface area contributed by atoms with Crippen molar-refractivity contribution in [1.29, 1.82) is 0 Å². The molecule has 2 atom stereocenters. The number of hydrogen-bond donors (Lipinski definition) is 1. The zero-order valence-corrected chi connectivity index (χ0v) is 18.3. The van der Waals surface area contributed by atoms with Crippen LogP contribution < -0.4 is 5.32 Å².